The van der Waals surface area contributed by atoms with Crippen LogP contribution in [0.4, 0.5) is 8.78 Å². The highest BCUT2D eigenvalue weighted by atomic mass is 19.1. The van der Waals surface area contributed by atoms with Crippen LogP contribution in [0, 0.1) is 11.6 Å². The largest absolute Gasteiger partial charge is 0.381 e. The molecular formula is C17H17F2NO3. The minimum atomic E-state index is -1.51. The molecule has 23 heavy (non-hydrogen) atoms. The summed E-state index contributed by atoms with van der Waals surface area (Å²) in [5.41, 5.74) is -1.66. The molecule has 2 aromatic rings. The Morgan fingerprint density at radius 3 is 2.30 bits per heavy atom. The van der Waals surface area contributed by atoms with E-state index in [1.54, 1.807) is 30.3 Å². The first kappa shape index (κ1) is 17.1. The van der Waals surface area contributed by atoms with Gasteiger partial charge < -0.3 is 15.2 Å². The highest BCUT2D eigenvalue weighted by Crippen LogP contribution is 2.21. The number of aliphatic hydroxyl groups is 1. The van der Waals surface area contributed by atoms with Gasteiger partial charge in [0.05, 0.1) is 13.2 Å². The Kier molecular flexibility index (Phi) is 5.41. The molecular weight excluding hydrogens is 304 g/mol. The van der Waals surface area contributed by atoms with Gasteiger partial charge in [-0.1, -0.05) is 36.4 Å². The standard InChI is InChI=1S/C17H17F2NO3/c1-23-11-17(22,12-6-3-2-4-7-12)10-20-16(21)15-13(18)8-5-9-14(15)19/h2-9,22H,10-11H2,1H3,(H,20,21)/t17-/m1/s1. The number of hydrogen-bond donors (Lipinski definition) is 2. The number of carbonyl (C=O) groups excluding carboxylic acids is 1. The molecule has 122 valence electrons. The molecule has 0 fully saturated rings. The monoisotopic (exact) mass is 321 g/mol. The van der Waals surface area contributed by atoms with Crippen molar-refractivity contribution < 1.29 is 23.4 Å². The number of hydrogen-bond acceptors (Lipinski definition) is 3. The topological polar surface area (TPSA) is 58.6 Å². The van der Waals surface area contributed by atoms with Gasteiger partial charge in [0.15, 0.2) is 0 Å². The van der Waals surface area contributed by atoms with Crippen molar-refractivity contribution in [3.63, 3.8) is 0 Å². The maximum absolute atomic E-state index is 13.6. The molecule has 1 amide bonds. The van der Waals surface area contributed by atoms with Crippen LogP contribution in [0.25, 0.3) is 0 Å². The molecule has 0 heterocycles. The van der Waals surface area contributed by atoms with E-state index in [-0.39, 0.29) is 13.2 Å². The van der Waals surface area contributed by atoms with E-state index in [0.717, 1.165) is 12.1 Å². The van der Waals surface area contributed by atoms with Gasteiger partial charge >= 0.3 is 0 Å². The lowest BCUT2D eigenvalue weighted by Crippen LogP contribution is -2.44. The summed E-state index contributed by atoms with van der Waals surface area (Å²) in [5, 5.41) is 13.0. The maximum Gasteiger partial charge on any atom is 0.257 e. The van der Waals surface area contributed by atoms with Crippen LogP contribution >= 0.6 is 0 Å². The van der Waals surface area contributed by atoms with E-state index in [0.29, 0.717) is 5.56 Å². The van der Waals surface area contributed by atoms with Gasteiger partial charge in [-0.3, -0.25) is 4.79 Å². The van der Waals surface area contributed by atoms with E-state index in [2.05, 4.69) is 5.32 Å². The van der Waals surface area contributed by atoms with Gasteiger partial charge in [0.25, 0.3) is 5.91 Å². The van der Waals surface area contributed by atoms with Crippen LogP contribution < -0.4 is 5.32 Å². The van der Waals surface area contributed by atoms with Gasteiger partial charge in [-0.05, 0) is 17.7 Å². The molecule has 0 aromatic heterocycles. The van der Waals surface area contributed by atoms with Crippen molar-refractivity contribution in [2.75, 3.05) is 20.3 Å². The second-order valence-corrected chi connectivity index (χ2v) is 5.11. The summed E-state index contributed by atoms with van der Waals surface area (Å²) in [5.74, 6) is -2.86. The molecule has 0 saturated carbocycles. The first-order valence-corrected chi connectivity index (χ1v) is 6.97. The number of rotatable bonds is 6. The Labute approximate surface area is 132 Å². The molecule has 2 N–H and O–H groups in total. The quantitative estimate of drug-likeness (QED) is 0.858. The van der Waals surface area contributed by atoms with Crippen molar-refractivity contribution in [3.05, 3.63) is 71.3 Å². The number of amides is 1. The molecule has 2 rings (SSSR count). The zero-order valence-electron chi connectivity index (χ0n) is 12.6. The number of carbonyl (C=O) groups is 1. The molecule has 4 nitrogen and oxygen atoms in total. The summed E-state index contributed by atoms with van der Waals surface area (Å²) in [7, 11) is 1.41. The van der Waals surface area contributed by atoms with Crippen LogP contribution in [-0.4, -0.2) is 31.3 Å². The van der Waals surface area contributed by atoms with E-state index in [9.17, 15) is 18.7 Å². The maximum atomic E-state index is 13.6. The van der Waals surface area contributed by atoms with Crippen molar-refractivity contribution >= 4 is 5.91 Å². The van der Waals surface area contributed by atoms with Gasteiger partial charge in [-0.15, -0.1) is 0 Å². The van der Waals surface area contributed by atoms with Crippen LogP contribution in [0.3, 0.4) is 0 Å². The third kappa shape index (κ3) is 3.91. The van der Waals surface area contributed by atoms with Gasteiger partial charge in [0, 0.05) is 7.11 Å². The first-order chi connectivity index (χ1) is 11.0. The zero-order chi connectivity index (χ0) is 16.9. The Bertz CT molecular complexity index is 659. The SMILES string of the molecule is COC[C@](O)(CNC(=O)c1c(F)cccc1F)c1ccccc1. The summed E-state index contributed by atoms with van der Waals surface area (Å²) in [4.78, 5) is 12.0. The van der Waals surface area contributed by atoms with Gasteiger partial charge in [0.1, 0.15) is 22.8 Å². The molecule has 6 heteroatoms. The fourth-order valence-corrected chi connectivity index (χ4v) is 2.25. The lowest BCUT2D eigenvalue weighted by Gasteiger charge is -2.28. The predicted molar refractivity (Wildman–Crippen MR) is 80.9 cm³/mol. The van der Waals surface area contributed by atoms with E-state index in [1.807, 2.05) is 0 Å². The third-order valence-corrected chi connectivity index (χ3v) is 3.43. The molecule has 0 aliphatic carbocycles. The lowest BCUT2D eigenvalue weighted by molar-refractivity contribution is -0.0335. The summed E-state index contributed by atoms with van der Waals surface area (Å²) in [6.07, 6.45) is 0. The highest BCUT2D eigenvalue weighted by molar-refractivity contribution is 5.94. The van der Waals surface area contributed by atoms with Crippen molar-refractivity contribution in [2.24, 2.45) is 0 Å². The molecule has 0 aliphatic rings. The summed E-state index contributed by atoms with van der Waals surface area (Å²) >= 11 is 0. The molecule has 0 spiro atoms. The minimum absolute atomic E-state index is 0.0863. The van der Waals surface area contributed by atoms with Crippen LogP contribution in [0.2, 0.25) is 0 Å². The van der Waals surface area contributed by atoms with Gasteiger partial charge in [0.2, 0.25) is 0 Å². The van der Waals surface area contributed by atoms with Gasteiger partial charge in [-0.25, -0.2) is 8.78 Å². The fourth-order valence-electron chi connectivity index (χ4n) is 2.25. The van der Waals surface area contributed by atoms with E-state index >= 15 is 0 Å². The molecule has 0 aliphatic heterocycles. The number of benzene rings is 2. The highest BCUT2D eigenvalue weighted by Gasteiger charge is 2.30. The second kappa shape index (κ2) is 7.30. The third-order valence-electron chi connectivity index (χ3n) is 3.43. The summed E-state index contributed by atoms with van der Waals surface area (Å²) in [6, 6.07) is 11.8. The number of nitrogens with one attached hydrogen (secondary N) is 1. The minimum Gasteiger partial charge on any atom is -0.381 e. The van der Waals surface area contributed by atoms with Crippen molar-refractivity contribution in [1.29, 1.82) is 0 Å². The number of halogens is 2. The fraction of sp³-hybridized carbons (Fsp3) is 0.235. The molecule has 0 bridgehead atoms. The van der Waals surface area contributed by atoms with Crippen LogP contribution in [0.15, 0.2) is 48.5 Å². The lowest BCUT2D eigenvalue weighted by atomic mass is 9.94. The summed E-state index contributed by atoms with van der Waals surface area (Å²) < 4.78 is 32.2. The first-order valence-electron chi connectivity index (χ1n) is 6.97. The summed E-state index contributed by atoms with van der Waals surface area (Å²) in [6.45, 7) is -0.339. The van der Waals surface area contributed by atoms with E-state index in [4.69, 9.17) is 4.74 Å². The molecule has 2 aromatic carbocycles. The number of ether oxygens (including phenoxy) is 1. The molecule has 0 unspecified atom stereocenters. The average molecular weight is 321 g/mol. The second-order valence-electron chi connectivity index (χ2n) is 5.11. The van der Waals surface area contributed by atoms with Crippen LogP contribution in [0.1, 0.15) is 15.9 Å². The molecule has 0 saturated heterocycles. The van der Waals surface area contributed by atoms with Crippen LogP contribution in [0.5, 0.6) is 0 Å². The Hall–Kier alpha value is -2.31. The van der Waals surface area contributed by atoms with Crippen molar-refractivity contribution in [3.8, 4) is 0 Å². The number of methoxy groups -OCH3 is 1. The molecule has 0 radical (unpaired) electrons. The zero-order valence-corrected chi connectivity index (χ0v) is 12.6. The van der Waals surface area contributed by atoms with Gasteiger partial charge in [-0.2, -0.15) is 0 Å². The molecule has 1 atom stereocenters. The van der Waals surface area contributed by atoms with E-state index in [1.165, 1.54) is 13.2 Å². The Balaban J connectivity index is 2.18. The Morgan fingerprint density at radius 1 is 1.13 bits per heavy atom. The average Bonchev–Trinajstić information content (AvgIpc) is 2.54. The van der Waals surface area contributed by atoms with Crippen LogP contribution in [-0.2, 0) is 10.3 Å². The predicted octanol–water partition coefficient (Wildman–Crippen LogP) is 2.23. The van der Waals surface area contributed by atoms with Crippen molar-refractivity contribution in [1.82, 2.24) is 5.32 Å². The van der Waals surface area contributed by atoms with E-state index < -0.39 is 28.7 Å². The normalized spacial score (nSPS) is 13.4. The Morgan fingerprint density at radius 2 is 1.74 bits per heavy atom. The smallest absolute Gasteiger partial charge is 0.257 e. The van der Waals surface area contributed by atoms with Crippen molar-refractivity contribution in [2.45, 2.75) is 5.60 Å².